The number of para-hydroxylation sites is 2. The van der Waals surface area contributed by atoms with Crippen LogP contribution in [0.25, 0.3) is 95.5 Å². The summed E-state index contributed by atoms with van der Waals surface area (Å²) in [5, 5.41) is 3.74. The minimum absolute atomic E-state index is 0.423. The maximum absolute atomic E-state index is 5.02. The third-order valence-corrected chi connectivity index (χ3v) is 11.2. The van der Waals surface area contributed by atoms with Gasteiger partial charge in [0.25, 0.3) is 0 Å². The van der Waals surface area contributed by atoms with Crippen molar-refractivity contribution < 1.29 is 0 Å². The highest BCUT2D eigenvalue weighted by Gasteiger charge is 2.23. The number of allylic oxidation sites excluding steroid dienone is 1. The van der Waals surface area contributed by atoms with Gasteiger partial charge in [-0.25, -0.2) is 15.0 Å². The van der Waals surface area contributed by atoms with Gasteiger partial charge < -0.3 is 9.13 Å². The lowest BCUT2D eigenvalue weighted by atomic mass is 9.93. The second kappa shape index (κ2) is 13.4. The number of pyridine rings is 1. The Morgan fingerprint density at radius 3 is 1.86 bits per heavy atom. The second-order valence-corrected chi connectivity index (χ2v) is 14.9. The van der Waals surface area contributed by atoms with Crippen molar-refractivity contribution in [3.63, 3.8) is 0 Å². The largest absolute Gasteiger partial charge is 0.313 e. The monoisotopic (exact) mass is 732 g/mol. The molecule has 0 amide bonds. The highest BCUT2D eigenvalue weighted by molar-refractivity contribution is 6.10. The van der Waals surface area contributed by atoms with Crippen LogP contribution in [0.1, 0.15) is 18.2 Å². The van der Waals surface area contributed by atoms with E-state index in [0.717, 1.165) is 34.5 Å². The van der Waals surface area contributed by atoms with Gasteiger partial charge in [0.2, 0.25) is 0 Å². The summed E-state index contributed by atoms with van der Waals surface area (Å²) in [7, 11) is 0. The van der Waals surface area contributed by atoms with Crippen LogP contribution in [0.15, 0.2) is 176 Å². The maximum Gasteiger partial charge on any atom is 0.165 e. The molecule has 10 aromatic rings. The van der Waals surface area contributed by atoms with Crippen LogP contribution in [0.2, 0.25) is 0 Å². The summed E-state index contributed by atoms with van der Waals surface area (Å²) in [6, 6.07) is 55.8. The summed E-state index contributed by atoms with van der Waals surface area (Å²) in [6.07, 6.45) is 9.17. The van der Waals surface area contributed by atoms with E-state index in [1.807, 2.05) is 42.5 Å². The molecule has 4 heterocycles. The number of benzene rings is 6. The Hall–Kier alpha value is -7.44. The Morgan fingerprint density at radius 1 is 0.474 bits per heavy atom. The van der Waals surface area contributed by atoms with Gasteiger partial charge in [0.15, 0.2) is 17.5 Å². The Bertz CT molecular complexity index is 3100. The molecule has 0 N–H and O–H groups in total. The molecule has 0 saturated heterocycles. The van der Waals surface area contributed by atoms with Crippen molar-refractivity contribution in [2.45, 2.75) is 13.3 Å². The zero-order valence-corrected chi connectivity index (χ0v) is 31.3. The lowest BCUT2D eigenvalue weighted by Crippen LogP contribution is -2.08. The highest BCUT2D eigenvalue weighted by atomic mass is 15.0. The first-order valence-corrected chi connectivity index (χ1v) is 19.4. The molecule has 6 aromatic carbocycles. The molecule has 0 aliphatic heterocycles. The molecule has 6 nitrogen and oxygen atoms in total. The van der Waals surface area contributed by atoms with Gasteiger partial charge in [0, 0.05) is 67.9 Å². The first-order chi connectivity index (χ1) is 28.2. The summed E-state index contributed by atoms with van der Waals surface area (Å²) in [6.45, 7) is 2.29. The van der Waals surface area contributed by atoms with Gasteiger partial charge in [-0.15, -0.1) is 0 Å². The van der Waals surface area contributed by atoms with Crippen molar-refractivity contribution in [3.05, 3.63) is 187 Å². The average Bonchev–Trinajstić information content (AvgIpc) is 3.78. The smallest absolute Gasteiger partial charge is 0.165 e. The molecule has 0 saturated carbocycles. The lowest BCUT2D eigenvalue weighted by Gasteiger charge is -2.17. The van der Waals surface area contributed by atoms with E-state index in [1.54, 1.807) is 12.4 Å². The Labute approximate surface area is 330 Å². The van der Waals surface area contributed by atoms with Gasteiger partial charge in [0.05, 0.1) is 16.6 Å². The highest BCUT2D eigenvalue weighted by Crippen LogP contribution is 2.40. The molecule has 1 atom stereocenters. The topological polar surface area (TPSA) is 61.4 Å². The van der Waals surface area contributed by atoms with Crippen molar-refractivity contribution in [1.82, 2.24) is 29.1 Å². The van der Waals surface area contributed by atoms with Crippen molar-refractivity contribution >= 4 is 38.8 Å². The summed E-state index contributed by atoms with van der Waals surface area (Å²) < 4.78 is 4.81. The average molecular weight is 733 g/mol. The van der Waals surface area contributed by atoms with E-state index >= 15 is 0 Å². The standard InChI is InChI=1S/C51H36N6/c1-33-21-24-42-44-31-36(35-22-25-46-43(30-35)41-19-8-9-20-45(41)56(46)39-16-6-3-7-17-39)23-26-47(44)57(48(42)28-33)40-18-10-14-37(29-40)50-53-49(34-12-4-2-5-13-34)54-51(55-50)38-15-11-27-52-32-38/h2-27,29-33H,28H2,1H3. The summed E-state index contributed by atoms with van der Waals surface area (Å²) in [4.78, 5) is 19.3. The predicted octanol–water partition coefficient (Wildman–Crippen LogP) is 12.2. The molecule has 0 fully saturated rings. The van der Waals surface area contributed by atoms with Crippen LogP contribution < -0.4 is 0 Å². The fraction of sp³-hybridized carbons (Fsp3) is 0.0588. The van der Waals surface area contributed by atoms with Gasteiger partial charge in [-0.2, -0.15) is 0 Å². The third-order valence-electron chi connectivity index (χ3n) is 11.2. The van der Waals surface area contributed by atoms with Gasteiger partial charge in [-0.1, -0.05) is 110 Å². The van der Waals surface area contributed by atoms with Gasteiger partial charge in [-0.05, 0) is 90.2 Å². The molecule has 4 aromatic heterocycles. The third kappa shape index (κ3) is 5.64. The molecule has 11 rings (SSSR count). The Balaban J connectivity index is 1.05. The summed E-state index contributed by atoms with van der Waals surface area (Å²) in [5.41, 5.74) is 13.5. The van der Waals surface area contributed by atoms with Gasteiger partial charge >= 0.3 is 0 Å². The Kier molecular flexibility index (Phi) is 7.74. The van der Waals surface area contributed by atoms with Crippen LogP contribution in [0.5, 0.6) is 0 Å². The Morgan fingerprint density at radius 2 is 1.09 bits per heavy atom. The van der Waals surface area contributed by atoms with Crippen LogP contribution in [-0.4, -0.2) is 29.1 Å². The molecule has 1 unspecified atom stereocenters. The van der Waals surface area contributed by atoms with E-state index in [-0.39, 0.29) is 0 Å². The zero-order chi connectivity index (χ0) is 37.9. The van der Waals surface area contributed by atoms with Crippen LogP contribution in [0.4, 0.5) is 0 Å². The summed E-state index contributed by atoms with van der Waals surface area (Å²) in [5.74, 6) is 2.26. The van der Waals surface area contributed by atoms with Gasteiger partial charge in [0.1, 0.15) is 0 Å². The molecular weight excluding hydrogens is 697 g/mol. The number of hydrogen-bond donors (Lipinski definition) is 0. The fourth-order valence-electron chi connectivity index (χ4n) is 8.50. The first-order valence-electron chi connectivity index (χ1n) is 19.4. The minimum Gasteiger partial charge on any atom is -0.313 e. The number of hydrogen-bond acceptors (Lipinski definition) is 4. The number of fused-ring (bicyclic) bond motifs is 6. The molecule has 1 aliphatic carbocycles. The van der Waals surface area contributed by atoms with Crippen molar-refractivity contribution in [3.8, 4) is 56.7 Å². The van der Waals surface area contributed by atoms with E-state index in [4.69, 9.17) is 15.0 Å². The minimum atomic E-state index is 0.423. The van der Waals surface area contributed by atoms with Crippen LogP contribution in [0, 0.1) is 5.92 Å². The quantitative estimate of drug-likeness (QED) is 0.171. The number of rotatable bonds is 6. The molecule has 0 spiro atoms. The van der Waals surface area contributed by atoms with Crippen LogP contribution in [0.3, 0.4) is 0 Å². The molecule has 0 bridgehead atoms. The normalized spacial score (nSPS) is 13.7. The molecule has 270 valence electrons. The predicted molar refractivity (Wildman–Crippen MR) is 232 cm³/mol. The second-order valence-electron chi connectivity index (χ2n) is 14.9. The van der Waals surface area contributed by atoms with E-state index in [9.17, 15) is 0 Å². The molecular formula is C51H36N6. The van der Waals surface area contributed by atoms with E-state index in [2.05, 4.69) is 148 Å². The molecule has 1 aliphatic rings. The lowest BCUT2D eigenvalue weighted by molar-refractivity contribution is 0.690. The fourth-order valence-corrected chi connectivity index (χ4v) is 8.50. The maximum atomic E-state index is 5.02. The molecule has 6 heteroatoms. The SMILES string of the molecule is CC1C=Cc2c(n(-c3cccc(-c4nc(-c5ccccc5)nc(-c5cccnc5)n4)c3)c3ccc(-c4ccc5c(c4)c4ccccc4n5-c4ccccc4)cc23)C1. The van der Waals surface area contributed by atoms with Crippen molar-refractivity contribution in [1.29, 1.82) is 0 Å². The van der Waals surface area contributed by atoms with Crippen LogP contribution >= 0.6 is 0 Å². The van der Waals surface area contributed by atoms with Crippen molar-refractivity contribution in [2.75, 3.05) is 0 Å². The molecule has 57 heavy (non-hydrogen) atoms. The van der Waals surface area contributed by atoms with Crippen molar-refractivity contribution in [2.24, 2.45) is 5.92 Å². The summed E-state index contributed by atoms with van der Waals surface area (Å²) >= 11 is 0. The molecule has 0 radical (unpaired) electrons. The van der Waals surface area contributed by atoms with Gasteiger partial charge in [-0.3, -0.25) is 4.98 Å². The number of nitrogens with zero attached hydrogens (tertiary/aromatic N) is 6. The number of aromatic nitrogens is 6. The van der Waals surface area contributed by atoms with E-state index in [1.165, 1.54) is 55.1 Å². The zero-order valence-electron chi connectivity index (χ0n) is 31.3. The van der Waals surface area contributed by atoms with E-state index < -0.39 is 0 Å². The first kappa shape index (κ1) is 32.9. The van der Waals surface area contributed by atoms with E-state index in [0.29, 0.717) is 23.4 Å². The van der Waals surface area contributed by atoms with Crippen LogP contribution in [-0.2, 0) is 6.42 Å².